The van der Waals surface area contributed by atoms with E-state index in [2.05, 4.69) is 20.2 Å². The quantitative estimate of drug-likeness (QED) is 0.761. The Morgan fingerprint density at radius 3 is 2.19 bits per heavy atom. The minimum absolute atomic E-state index is 0.332. The average Bonchev–Trinajstić information content (AvgIpc) is 2.99. The van der Waals surface area contributed by atoms with Crippen molar-refractivity contribution in [3.8, 4) is 5.69 Å². The van der Waals surface area contributed by atoms with Crippen LogP contribution in [0.2, 0.25) is 0 Å². The van der Waals surface area contributed by atoms with Gasteiger partial charge in [-0.2, -0.15) is 4.68 Å². The van der Waals surface area contributed by atoms with E-state index in [4.69, 9.17) is 0 Å². The maximum Gasteiger partial charge on any atom is 0.262 e. The van der Waals surface area contributed by atoms with Crippen molar-refractivity contribution in [3.05, 3.63) is 58.4 Å². The van der Waals surface area contributed by atoms with Crippen LogP contribution in [0.15, 0.2) is 35.2 Å². The van der Waals surface area contributed by atoms with Gasteiger partial charge in [-0.05, 0) is 85.5 Å². The Labute approximate surface area is 153 Å². The summed E-state index contributed by atoms with van der Waals surface area (Å²) in [5.41, 5.74) is 4.55. The fraction of sp³-hybridized carbons (Fsp3) is 0.278. The lowest BCUT2D eigenvalue weighted by atomic mass is 10.0. The van der Waals surface area contributed by atoms with Gasteiger partial charge in [0.15, 0.2) is 5.82 Å². The number of hydrogen-bond donors (Lipinski definition) is 1. The average molecular weight is 371 g/mol. The van der Waals surface area contributed by atoms with E-state index in [1.54, 1.807) is 29.8 Å². The Morgan fingerprint density at radius 1 is 0.962 bits per heavy atom. The van der Waals surface area contributed by atoms with Crippen LogP contribution >= 0.6 is 0 Å². The minimum atomic E-state index is -3.73. The zero-order chi connectivity index (χ0) is 19.1. The lowest BCUT2D eigenvalue weighted by Gasteiger charge is -2.17. The third kappa shape index (κ3) is 3.20. The molecule has 3 aromatic rings. The highest BCUT2D eigenvalue weighted by Gasteiger charge is 2.22. The molecule has 0 spiro atoms. The smallest absolute Gasteiger partial charge is 0.262 e. The van der Waals surface area contributed by atoms with E-state index in [-0.39, 0.29) is 0 Å². The Balaban J connectivity index is 2.03. The SMILES string of the molecule is Cc1cc(C)c(C)c(S(=O)(=O)Nc2cccc(-n3nnnc3C)c2)c1C. The number of tetrazole rings is 1. The molecule has 8 heteroatoms. The number of rotatable bonds is 4. The number of aryl methyl sites for hydroxylation is 3. The molecule has 0 aliphatic carbocycles. The Kier molecular flexibility index (Phi) is 4.53. The fourth-order valence-corrected chi connectivity index (χ4v) is 4.63. The van der Waals surface area contributed by atoms with Crippen molar-refractivity contribution in [1.29, 1.82) is 0 Å². The number of benzene rings is 2. The molecule has 0 saturated heterocycles. The van der Waals surface area contributed by atoms with Crippen LogP contribution in [0.25, 0.3) is 5.69 Å². The van der Waals surface area contributed by atoms with Gasteiger partial charge in [-0.15, -0.1) is 5.10 Å². The molecule has 0 atom stereocenters. The molecule has 0 aliphatic heterocycles. The number of hydrogen-bond acceptors (Lipinski definition) is 5. The third-order valence-corrected chi connectivity index (χ3v) is 6.19. The van der Waals surface area contributed by atoms with Crippen LogP contribution in [0.1, 0.15) is 28.1 Å². The first-order chi connectivity index (χ1) is 12.2. The predicted molar refractivity (Wildman–Crippen MR) is 100 cm³/mol. The lowest BCUT2D eigenvalue weighted by Crippen LogP contribution is -2.17. The van der Waals surface area contributed by atoms with Gasteiger partial charge >= 0.3 is 0 Å². The second kappa shape index (κ2) is 6.53. The summed E-state index contributed by atoms with van der Waals surface area (Å²) in [7, 11) is -3.73. The van der Waals surface area contributed by atoms with Crippen molar-refractivity contribution in [3.63, 3.8) is 0 Å². The van der Waals surface area contributed by atoms with E-state index < -0.39 is 10.0 Å². The van der Waals surface area contributed by atoms with Crippen molar-refractivity contribution in [1.82, 2.24) is 20.2 Å². The van der Waals surface area contributed by atoms with Crippen LogP contribution in [0, 0.1) is 34.6 Å². The van der Waals surface area contributed by atoms with Gasteiger partial charge in [0.1, 0.15) is 0 Å². The van der Waals surface area contributed by atoms with Gasteiger partial charge in [0, 0.05) is 0 Å². The van der Waals surface area contributed by atoms with E-state index in [1.165, 1.54) is 0 Å². The van der Waals surface area contributed by atoms with Crippen LogP contribution in [0.3, 0.4) is 0 Å². The lowest BCUT2D eigenvalue weighted by molar-refractivity contribution is 0.599. The van der Waals surface area contributed by atoms with E-state index in [0.29, 0.717) is 22.1 Å². The van der Waals surface area contributed by atoms with Gasteiger partial charge in [-0.3, -0.25) is 4.72 Å². The molecule has 7 nitrogen and oxygen atoms in total. The minimum Gasteiger partial charge on any atom is -0.280 e. The van der Waals surface area contributed by atoms with Crippen molar-refractivity contribution >= 4 is 15.7 Å². The molecule has 0 radical (unpaired) electrons. The maximum absolute atomic E-state index is 13.1. The van der Waals surface area contributed by atoms with Crippen LogP contribution in [0.5, 0.6) is 0 Å². The molecule has 136 valence electrons. The first-order valence-electron chi connectivity index (χ1n) is 8.16. The second-order valence-electron chi connectivity index (χ2n) is 6.38. The molecule has 0 fully saturated rings. The zero-order valence-corrected chi connectivity index (χ0v) is 16.2. The number of aromatic nitrogens is 4. The van der Waals surface area contributed by atoms with Crippen LogP contribution in [-0.2, 0) is 10.0 Å². The molecule has 1 N–H and O–H groups in total. The summed E-state index contributed by atoms with van der Waals surface area (Å²) in [6, 6.07) is 8.98. The summed E-state index contributed by atoms with van der Waals surface area (Å²) in [5.74, 6) is 0.617. The van der Waals surface area contributed by atoms with E-state index >= 15 is 0 Å². The molecule has 0 unspecified atom stereocenters. The zero-order valence-electron chi connectivity index (χ0n) is 15.4. The molecule has 0 saturated carbocycles. The Bertz CT molecular complexity index is 1060. The van der Waals surface area contributed by atoms with Crippen LogP contribution in [-0.4, -0.2) is 28.6 Å². The highest BCUT2D eigenvalue weighted by atomic mass is 32.2. The molecule has 1 aromatic heterocycles. The van der Waals surface area contributed by atoms with Gasteiger partial charge in [0.05, 0.1) is 16.3 Å². The number of sulfonamides is 1. The summed E-state index contributed by atoms with van der Waals surface area (Å²) >= 11 is 0. The van der Waals surface area contributed by atoms with Crippen molar-refractivity contribution in [2.75, 3.05) is 4.72 Å². The highest BCUT2D eigenvalue weighted by Crippen LogP contribution is 2.28. The van der Waals surface area contributed by atoms with Crippen LogP contribution in [0.4, 0.5) is 5.69 Å². The molecule has 1 heterocycles. The van der Waals surface area contributed by atoms with E-state index in [1.807, 2.05) is 39.8 Å². The normalized spacial score (nSPS) is 11.6. The Morgan fingerprint density at radius 2 is 1.62 bits per heavy atom. The third-order valence-electron chi connectivity index (χ3n) is 4.53. The number of nitrogens with zero attached hydrogens (tertiary/aromatic N) is 4. The summed E-state index contributed by atoms with van der Waals surface area (Å²) < 4.78 is 30.3. The summed E-state index contributed by atoms with van der Waals surface area (Å²) in [5, 5.41) is 11.4. The van der Waals surface area contributed by atoms with Gasteiger partial charge in [0.25, 0.3) is 10.0 Å². The number of nitrogens with one attached hydrogen (secondary N) is 1. The molecular formula is C18H21N5O2S. The van der Waals surface area contributed by atoms with Crippen molar-refractivity contribution < 1.29 is 8.42 Å². The molecule has 2 aromatic carbocycles. The molecule has 0 aliphatic rings. The molecule has 26 heavy (non-hydrogen) atoms. The topological polar surface area (TPSA) is 89.8 Å². The van der Waals surface area contributed by atoms with Gasteiger partial charge < -0.3 is 0 Å². The molecule has 3 rings (SSSR count). The van der Waals surface area contributed by atoms with E-state index in [9.17, 15) is 8.42 Å². The Hall–Kier alpha value is -2.74. The van der Waals surface area contributed by atoms with Crippen molar-refractivity contribution in [2.45, 2.75) is 39.5 Å². The van der Waals surface area contributed by atoms with Gasteiger partial charge in [0.2, 0.25) is 0 Å². The first-order valence-corrected chi connectivity index (χ1v) is 9.64. The fourth-order valence-electron chi connectivity index (χ4n) is 2.96. The van der Waals surface area contributed by atoms with E-state index in [0.717, 1.165) is 22.3 Å². The molecule has 0 bridgehead atoms. The second-order valence-corrected chi connectivity index (χ2v) is 8.00. The maximum atomic E-state index is 13.1. The van der Waals surface area contributed by atoms with Gasteiger partial charge in [-0.25, -0.2) is 8.42 Å². The largest absolute Gasteiger partial charge is 0.280 e. The van der Waals surface area contributed by atoms with Gasteiger partial charge in [-0.1, -0.05) is 12.1 Å². The van der Waals surface area contributed by atoms with Crippen LogP contribution < -0.4 is 4.72 Å². The van der Waals surface area contributed by atoms with Crippen molar-refractivity contribution in [2.24, 2.45) is 0 Å². The summed E-state index contributed by atoms with van der Waals surface area (Å²) in [4.78, 5) is 0.332. The first kappa shape index (κ1) is 18.1. The standard InChI is InChI=1S/C18H21N5O2S/c1-11-9-12(2)14(4)18(13(11)3)26(24,25)20-16-7-6-8-17(10-16)23-15(5)19-21-22-23/h6-10,20H,1-5H3. The summed E-state index contributed by atoms with van der Waals surface area (Å²) in [6.45, 7) is 9.28. The number of anilines is 1. The highest BCUT2D eigenvalue weighted by molar-refractivity contribution is 7.92. The summed E-state index contributed by atoms with van der Waals surface area (Å²) in [6.07, 6.45) is 0. The molecular weight excluding hydrogens is 350 g/mol. The monoisotopic (exact) mass is 371 g/mol. The molecule has 0 amide bonds. The predicted octanol–water partition coefficient (Wildman–Crippen LogP) is 3.01.